The lowest BCUT2D eigenvalue weighted by Crippen LogP contribution is -2.35. The van der Waals surface area contributed by atoms with E-state index in [-0.39, 0.29) is 24.7 Å². The van der Waals surface area contributed by atoms with Gasteiger partial charge in [-0.25, -0.2) is 0 Å². The van der Waals surface area contributed by atoms with Gasteiger partial charge < -0.3 is 10.2 Å². The van der Waals surface area contributed by atoms with Gasteiger partial charge in [0, 0.05) is 41.8 Å². The Morgan fingerprint density at radius 2 is 2.00 bits per heavy atom. The molecule has 1 saturated carbocycles. The zero-order valence-corrected chi connectivity index (χ0v) is 17.5. The largest absolute Gasteiger partial charge is 0.310 e. The molecule has 29 heavy (non-hydrogen) atoms. The summed E-state index contributed by atoms with van der Waals surface area (Å²) in [5.74, 6) is 1.97. The predicted octanol–water partition coefficient (Wildman–Crippen LogP) is 4.39. The molecule has 6 nitrogen and oxygen atoms in total. The van der Waals surface area contributed by atoms with Crippen molar-refractivity contribution in [3.05, 3.63) is 36.0 Å². The van der Waals surface area contributed by atoms with Gasteiger partial charge in [-0.2, -0.15) is 5.10 Å². The van der Waals surface area contributed by atoms with Crippen LogP contribution in [0.2, 0.25) is 0 Å². The van der Waals surface area contributed by atoms with Crippen LogP contribution in [0.1, 0.15) is 50.6 Å². The summed E-state index contributed by atoms with van der Waals surface area (Å²) < 4.78 is 0. The number of hydrogen-bond acceptors (Lipinski definition) is 4. The molecule has 1 fully saturated rings. The van der Waals surface area contributed by atoms with Crippen molar-refractivity contribution >= 4 is 35.1 Å². The summed E-state index contributed by atoms with van der Waals surface area (Å²) in [5.41, 5.74) is 2.03. The molecular formula is C22H28N4O2S. The van der Waals surface area contributed by atoms with Crippen LogP contribution in [0, 0.1) is 5.92 Å². The molecule has 154 valence electrons. The number of benzene rings is 1. The summed E-state index contributed by atoms with van der Waals surface area (Å²) in [6.45, 7) is 0.687. The zero-order valence-electron chi connectivity index (χ0n) is 16.7. The molecule has 4 rings (SSSR count). The van der Waals surface area contributed by atoms with Gasteiger partial charge in [0.05, 0.1) is 5.69 Å². The van der Waals surface area contributed by atoms with Gasteiger partial charge in [0.2, 0.25) is 11.8 Å². The first-order valence-corrected chi connectivity index (χ1v) is 11.5. The maximum absolute atomic E-state index is 12.7. The molecule has 0 spiro atoms. The summed E-state index contributed by atoms with van der Waals surface area (Å²) in [4.78, 5) is 27.9. The van der Waals surface area contributed by atoms with Crippen LogP contribution in [0.25, 0.3) is 0 Å². The Labute approximate surface area is 175 Å². The standard InChI is InChI=1S/C22H28N4O2S/c27-21(23-20-15-17(24-25-20)14-16-6-2-1-3-7-16)10-11-22(28)26-12-13-29-19-9-5-4-8-18(19)26/h4-5,8-9,15-16H,1-3,6-7,10-14H2,(H2,23,24,25,27). The number of fused-ring (bicyclic) bond motifs is 1. The number of carbonyl (C=O) groups excluding carboxylic acids is 2. The molecule has 2 aliphatic rings. The fourth-order valence-corrected chi connectivity index (χ4v) is 5.22. The molecule has 2 N–H and O–H groups in total. The van der Waals surface area contributed by atoms with Crippen LogP contribution >= 0.6 is 11.8 Å². The van der Waals surface area contributed by atoms with Crippen molar-refractivity contribution in [2.45, 2.75) is 56.3 Å². The molecule has 0 atom stereocenters. The van der Waals surface area contributed by atoms with Crippen LogP contribution in [-0.2, 0) is 16.0 Å². The summed E-state index contributed by atoms with van der Waals surface area (Å²) in [6, 6.07) is 9.86. The monoisotopic (exact) mass is 412 g/mol. The van der Waals surface area contributed by atoms with E-state index in [9.17, 15) is 9.59 Å². The zero-order chi connectivity index (χ0) is 20.1. The number of H-pyrrole nitrogens is 1. The van der Waals surface area contributed by atoms with Crippen molar-refractivity contribution in [2.24, 2.45) is 5.92 Å². The molecular weight excluding hydrogens is 384 g/mol. The smallest absolute Gasteiger partial charge is 0.227 e. The van der Waals surface area contributed by atoms with Crippen molar-refractivity contribution in [1.82, 2.24) is 10.2 Å². The number of nitrogens with one attached hydrogen (secondary N) is 2. The number of nitrogens with zero attached hydrogens (tertiary/aromatic N) is 2. The number of rotatable bonds is 6. The molecule has 1 aliphatic heterocycles. The quantitative estimate of drug-likeness (QED) is 0.738. The molecule has 1 aromatic heterocycles. The van der Waals surface area contributed by atoms with E-state index in [4.69, 9.17) is 0 Å². The van der Waals surface area contributed by atoms with Crippen molar-refractivity contribution in [3.63, 3.8) is 0 Å². The normalized spacial score (nSPS) is 17.0. The fourth-order valence-electron chi connectivity index (χ4n) is 4.22. The molecule has 7 heteroatoms. The first-order chi connectivity index (χ1) is 14.2. The Balaban J connectivity index is 1.26. The van der Waals surface area contributed by atoms with Crippen LogP contribution < -0.4 is 10.2 Å². The Morgan fingerprint density at radius 3 is 2.86 bits per heavy atom. The third kappa shape index (κ3) is 5.21. The average molecular weight is 413 g/mol. The maximum Gasteiger partial charge on any atom is 0.227 e. The van der Waals surface area contributed by atoms with E-state index in [1.54, 1.807) is 16.7 Å². The lowest BCUT2D eigenvalue weighted by Gasteiger charge is -2.29. The van der Waals surface area contributed by atoms with Gasteiger partial charge in [-0.15, -0.1) is 11.8 Å². The van der Waals surface area contributed by atoms with E-state index in [1.807, 2.05) is 30.3 Å². The van der Waals surface area contributed by atoms with Crippen molar-refractivity contribution in [2.75, 3.05) is 22.5 Å². The number of aromatic nitrogens is 2. The molecule has 1 aliphatic carbocycles. The minimum Gasteiger partial charge on any atom is -0.310 e. The summed E-state index contributed by atoms with van der Waals surface area (Å²) in [7, 11) is 0. The lowest BCUT2D eigenvalue weighted by molar-refractivity contribution is -0.122. The molecule has 2 aromatic rings. The van der Waals surface area contributed by atoms with E-state index in [0.717, 1.165) is 34.4 Å². The number of thioether (sulfide) groups is 1. The SMILES string of the molecule is O=C(CCC(=O)N1CCSc2ccccc21)Nc1cc(CC2CCCCC2)[nH]n1. The number of anilines is 2. The minimum atomic E-state index is -0.172. The number of para-hydroxylation sites is 1. The lowest BCUT2D eigenvalue weighted by atomic mass is 9.86. The first kappa shape index (κ1) is 20.0. The molecule has 0 unspecified atom stereocenters. The number of carbonyl (C=O) groups is 2. The number of hydrogen-bond donors (Lipinski definition) is 2. The topological polar surface area (TPSA) is 78.1 Å². The third-order valence-corrected chi connectivity index (χ3v) is 6.77. The van der Waals surface area contributed by atoms with Gasteiger partial charge in [0.1, 0.15) is 0 Å². The highest BCUT2D eigenvalue weighted by atomic mass is 32.2. The van der Waals surface area contributed by atoms with Gasteiger partial charge in [-0.3, -0.25) is 14.7 Å². The average Bonchev–Trinajstić information content (AvgIpc) is 3.19. The second-order valence-corrected chi connectivity index (χ2v) is 9.03. The Hall–Kier alpha value is -2.28. The summed E-state index contributed by atoms with van der Waals surface area (Å²) in [6.07, 6.45) is 7.89. The van der Waals surface area contributed by atoms with Crippen molar-refractivity contribution in [1.29, 1.82) is 0 Å². The molecule has 1 aromatic carbocycles. The fraction of sp³-hybridized carbons (Fsp3) is 0.500. The van der Waals surface area contributed by atoms with Crippen molar-refractivity contribution < 1.29 is 9.59 Å². The predicted molar refractivity (Wildman–Crippen MR) is 116 cm³/mol. The van der Waals surface area contributed by atoms with Gasteiger partial charge >= 0.3 is 0 Å². The molecule has 0 saturated heterocycles. The van der Waals surface area contributed by atoms with E-state index in [1.165, 1.54) is 32.1 Å². The van der Waals surface area contributed by atoms with Crippen LogP contribution in [-0.4, -0.2) is 34.3 Å². The molecule has 0 radical (unpaired) electrons. The van der Waals surface area contributed by atoms with E-state index in [2.05, 4.69) is 15.5 Å². The van der Waals surface area contributed by atoms with Gasteiger partial charge in [-0.05, 0) is 24.5 Å². The van der Waals surface area contributed by atoms with Crippen LogP contribution in [0.4, 0.5) is 11.5 Å². The molecule has 2 amide bonds. The Bertz CT molecular complexity index is 860. The summed E-state index contributed by atoms with van der Waals surface area (Å²) in [5, 5.41) is 10.1. The van der Waals surface area contributed by atoms with Crippen molar-refractivity contribution in [3.8, 4) is 0 Å². The first-order valence-electron chi connectivity index (χ1n) is 10.6. The number of amides is 2. The van der Waals surface area contributed by atoms with E-state index in [0.29, 0.717) is 12.4 Å². The Kier molecular flexibility index (Phi) is 6.54. The molecule has 2 heterocycles. The van der Waals surface area contributed by atoms with Gasteiger partial charge in [-0.1, -0.05) is 44.2 Å². The summed E-state index contributed by atoms with van der Waals surface area (Å²) >= 11 is 1.77. The van der Waals surface area contributed by atoms with Crippen LogP contribution in [0.3, 0.4) is 0 Å². The maximum atomic E-state index is 12.7. The highest BCUT2D eigenvalue weighted by molar-refractivity contribution is 7.99. The Morgan fingerprint density at radius 1 is 1.17 bits per heavy atom. The van der Waals surface area contributed by atoms with E-state index < -0.39 is 0 Å². The van der Waals surface area contributed by atoms with Crippen LogP contribution in [0.15, 0.2) is 35.2 Å². The molecule has 0 bridgehead atoms. The highest BCUT2D eigenvalue weighted by Crippen LogP contribution is 2.34. The van der Waals surface area contributed by atoms with E-state index >= 15 is 0 Å². The second kappa shape index (κ2) is 9.48. The highest BCUT2D eigenvalue weighted by Gasteiger charge is 2.23. The minimum absolute atomic E-state index is 0.00656. The second-order valence-electron chi connectivity index (χ2n) is 7.90. The van der Waals surface area contributed by atoms with Crippen LogP contribution in [0.5, 0.6) is 0 Å². The van der Waals surface area contributed by atoms with Gasteiger partial charge in [0.15, 0.2) is 5.82 Å². The van der Waals surface area contributed by atoms with Gasteiger partial charge in [0.25, 0.3) is 0 Å². The third-order valence-electron chi connectivity index (χ3n) is 5.73. The number of aromatic amines is 1.